The van der Waals surface area contributed by atoms with Gasteiger partial charge in [0, 0.05) is 16.8 Å². The molecule has 0 spiro atoms. The molecule has 0 aromatic heterocycles. The normalized spacial score (nSPS) is 21.5. The standard InChI is InChI=1S/C15H13ClN2O/c16-14-10-6-2-1-3-8-12(10)17-15(18-14)11-7-4-5-9-13(11)19/h1-2,4-9,15,17,19H,3H2. The molecule has 0 saturated carbocycles. The summed E-state index contributed by atoms with van der Waals surface area (Å²) in [6.07, 6.45) is 8.53. The monoisotopic (exact) mass is 272 g/mol. The van der Waals surface area contributed by atoms with Crippen molar-refractivity contribution in [2.75, 3.05) is 0 Å². The number of aliphatic imine (C=N–C) groups is 1. The number of hydrogen-bond acceptors (Lipinski definition) is 3. The highest BCUT2D eigenvalue weighted by atomic mass is 35.5. The number of allylic oxidation sites excluding steroid dienone is 5. The van der Waals surface area contributed by atoms with Crippen molar-refractivity contribution >= 4 is 16.8 Å². The molecule has 1 unspecified atom stereocenters. The summed E-state index contributed by atoms with van der Waals surface area (Å²) in [5, 5.41) is 13.7. The molecule has 19 heavy (non-hydrogen) atoms. The van der Waals surface area contributed by atoms with Crippen LogP contribution in [-0.2, 0) is 0 Å². The van der Waals surface area contributed by atoms with Gasteiger partial charge in [-0.1, -0.05) is 54.1 Å². The third-order valence-electron chi connectivity index (χ3n) is 3.14. The number of fused-ring (bicyclic) bond motifs is 1. The van der Waals surface area contributed by atoms with Gasteiger partial charge in [-0.25, -0.2) is 4.99 Å². The molecule has 1 aromatic rings. The zero-order valence-electron chi connectivity index (χ0n) is 10.2. The van der Waals surface area contributed by atoms with Crippen LogP contribution < -0.4 is 5.32 Å². The smallest absolute Gasteiger partial charge is 0.150 e. The zero-order chi connectivity index (χ0) is 13.2. The van der Waals surface area contributed by atoms with Gasteiger partial charge < -0.3 is 10.4 Å². The Hall–Kier alpha value is -2.00. The molecule has 1 aliphatic heterocycles. The quantitative estimate of drug-likeness (QED) is 0.823. The Morgan fingerprint density at radius 2 is 2.16 bits per heavy atom. The van der Waals surface area contributed by atoms with Crippen molar-refractivity contribution in [3.63, 3.8) is 0 Å². The van der Waals surface area contributed by atoms with E-state index in [0.717, 1.165) is 23.3 Å². The highest BCUT2D eigenvalue weighted by molar-refractivity contribution is 6.70. The van der Waals surface area contributed by atoms with Crippen LogP contribution in [0.2, 0.25) is 0 Å². The van der Waals surface area contributed by atoms with E-state index in [1.807, 2.05) is 24.3 Å². The molecular formula is C15H13ClN2O. The lowest BCUT2D eigenvalue weighted by Crippen LogP contribution is -2.27. The minimum atomic E-state index is -0.352. The van der Waals surface area contributed by atoms with Crippen molar-refractivity contribution in [2.24, 2.45) is 4.99 Å². The van der Waals surface area contributed by atoms with E-state index in [4.69, 9.17) is 11.6 Å². The minimum absolute atomic E-state index is 0.216. The van der Waals surface area contributed by atoms with Crippen molar-refractivity contribution in [2.45, 2.75) is 12.6 Å². The first-order valence-corrected chi connectivity index (χ1v) is 6.49. The first-order chi connectivity index (χ1) is 9.25. The molecule has 0 bridgehead atoms. The Morgan fingerprint density at radius 1 is 1.32 bits per heavy atom. The number of para-hydroxylation sites is 1. The Balaban J connectivity index is 2.02. The van der Waals surface area contributed by atoms with E-state index in [0.29, 0.717) is 5.17 Å². The number of nitrogens with zero attached hydrogens (tertiary/aromatic N) is 1. The van der Waals surface area contributed by atoms with Crippen LogP contribution in [0.15, 0.2) is 64.8 Å². The number of benzene rings is 1. The molecule has 1 atom stereocenters. The number of nitrogens with one attached hydrogen (secondary N) is 1. The average molecular weight is 273 g/mol. The van der Waals surface area contributed by atoms with E-state index < -0.39 is 0 Å². The fraction of sp³-hybridized carbons (Fsp3) is 0.133. The molecule has 2 aliphatic rings. The Bertz CT molecular complexity index is 629. The summed E-state index contributed by atoms with van der Waals surface area (Å²) in [6, 6.07) is 7.14. The van der Waals surface area contributed by atoms with Crippen LogP contribution in [0.1, 0.15) is 18.2 Å². The molecule has 0 amide bonds. The van der Waals surface area contributed by atoms with E-state index in [2.05, 4.69) is 22.5 Å². The van der Waals surface area contributed by atoms with Crippen molar-refractivity contribution in [3.8, 4) is 5.75 Å². The van der Waals surface area contributed by atoms with Gasteiger partial charge in [0.15, 0.2) is 0 Å². The Kier molecular flexibility index (Phi) is 3.13. The van der Waals surface area contributed by atoms with E-state index in [1.54, 1.807) is 12.1 Å². The number of phenolic OH excluding ortho intramolecular Hbond substituents is 1. The van der Waals surface area contributed by atoms with E-state index in [9.17, 15) is 5.11 Å². The molecule has 0 radical (unpaired) electrons. The van der Waals surface area contributed by atoms with Gasteiger partial charge in [0.25, 0.3) is 0 Å². The zero-order valence-corrected chi connectivity index (χ0v) is 10.9. The maximum atomic E-state index is 9.90. The first kappa shape index (κ1) is 12.1. The number of aromatic hydroxyl groups is 1. The van der Waals surface area contributed by atoms with Gasteiger partial charge in [-0.2, -0.15) is 0 Å². The summed E-state index contributed by atoms with van der Waals surface area (Å²) in [5.74, 6) is 0.216. The number of halogens is 1. The van der Waals surface area contributed by atoms with Gasteiger partial charge in [0.05, 0.1) is 0 Å². The van der Waals surface area contributed by atoms with Crippen LogP contribution in [0.4, 0.5) is 0 Å². The number of phenols is 1. The third-order valence-corrected chi connectivity index (χ3v) is 3.44. The predicted octanol–water partition coefficient (Wildman–Crippen LogP) is 3.40. The fourth-order valence-electron chi connectivity index (χ4n) is 2.17. The molecule has 3 nitrogen and oxygen atoms in total. The van der Waals surface area contributed by atoms with E-state index in [-0.39, 0.29) is 11.9 Å². The van der Waals surface area contributed by atoms with Crippen molar-refractivity contribution < 1.29 is 5.11 Å². The maximum absolute atomic E-state index is 9.90. The second-order valence-electron chi connectivity index (χ2n) is 4.39. The first-order valence-electron chi connectivity index (χ1n) is 6.11. The van der Waals surface area contributed by atoms with Crippen molar-refractivity contribution in [3.05, 3.63) is 65.4 Å². The van der Waals surface area contributed by atoms with Crippen molar-refractivity contribution in [1.29, 1.82) is 0 Å². The molecule has 4 heteroatoms. The van der Waals surface area contributed by atoms with Gasteiger partial charge in [0.1, 0.15) is 17.1 Å². The molecular weight excluding hydrogens is 260 g/mol. The minimum Gasteiger partial charge on any atom is -0.508 e. The van der Waals surface area contributed by atoms with Crippen LogP contribution >= 0.6 is 11.6 Å². The van der Waals surface area contributed by atoms with Crippen molar-refractivity contribution in [1.82, 2.24) is 5.32 Å². The lowest BCUT2D eigenvalue weighted by atomic mass is 10.1. The summed E-state index contributed by atoms with van der Waals surface area (Å²) >= 11 is 6.25. The van der Waals surface area contributed by atoms with Crippen LogP contribution in [0.25, 0.3) is 0 Å². The summed E-state index contributed by atoms with van der Waals surface area (Å²) in [4.78, 5) is 4.41. The lowest BCUT2D eigenvalue weighted by Gasteiger charge is -2.26. The van der Waals surface area contributed by atoms with Crippen LogP contribution in [0.3, 0.4) is 0 Å². The Morgan fingerprint density at radius 3 is 3.00 bits per heavy atom. The SMILES string of the molecule is Oc1ccccc1C1N=C(Cl)C2=CC=CCC=C2N1. The predicted molar refractivity (Wildman–Crippen MR) is 77.2 cm³/mol. The second kappa shape index (κ2) is 4.94. The highest BCUT2D eigenvalue weighted by Crippen LogP contribution is 2.32. The van der Waals surface area contributed by atoms with Gasteiger partial charge >= 0.3 is 0 Å². The van der Waals surface area contributed by atoms with Gasteiger partial charge in [-0.15, -0.1) is 0 Å². The molecule has 0 saturated heterocycles. The largest absolute Gasteiger partial charge is 0.508 e. The van der Waals surface area contributed by atoms with Gasteiger partial charge in [-0.05, 0) is 12.5 Å². The van der Waals surface area contributed by atoms with Crippen LogP contribution in [0, 0.1) is 0 Å². The summed E-state index contributed by atoms with van der Waals surface area (Å²) in [7, 11) is 0. The van der Waals surface area contributed by atoms with Gasteiger partial charge in [0.2, 0.25) is 0 Å². The summed E-state index contributed by atoms with van der Waals surface area (Å²) in [6.45, 7) is 0. The summed E-state index contributed by atoms with van der Waals surface area (Å²) in [5.41, 5.74) is 2.57. The summed E-state index contributed by atoms with van der Waals surface area (Å²) < 4.78 is 0. The van der Waals surface area contributed by atoms with Crippen LogP contribution in [-0.4, -0.2) is 10.3 Å². The fourth-order valence-corrected chi connectivity index (χ4v) is 2.44. The lowest BCUT2D eigenvalue weighted by molar-refractivity contribution is 0.456. The maximum Gasteiger partial charge on any atom is 0.150 e. The van der Waals surface area contributed by atoms with E-state index in [1.165, 1.54) is 0 Å². The molecule has 1 aliphatic carbocycles. The molecule has 96 valence electrons. The number of rotatable bonds is 1. The molecule has 0 fully saturated rings. The number of hydrogen-bond donors (Lipinski definition) is 2. The van der Waals surface area contributed by atoms with Crippen LogP contribution in [0.5, 0.6) is 5.75 Å². The van der Waals surface area contributed by atoms with Gasteiger partial charge in [-0.3, -0.25) is 0 Å². The highest BCUT2D eigenvalue weighted by Gasteiger charge is 2.24. The Labute approximate surface area is 116 Å². The molecule has 1 aromatic carbocycles. The topological polar surface area (TPSA) is 44.6 Å². The molecule has 2 N–H and O–H groups in total. The third kappa shape index (κ3) is 2.29. The molecule has 3 rings (SSSR count). The average Bonchev–Trinajstić information content (AvgIpc) is 2.65. The second-order valence-corrected chi connectivity index (χ2v) is 4.75. The molecule has 1 heterocycles. The van der Waals surface area contributed by atoms with E-state index >= 15 is 0 Å².